The Bertz CT molecular complexity index is 761. The predicted molar refractivity (Wildman–Crippen MR) is 95.1 cm³/mol. The fraction of sp³-hybridized carbons (Fsp3) is 0.316. The maximum Gasteiger partial charge on any atom is 0.261 e. The molecule has 0 saturated carbocycles. The van der Waals surface area contributed by atoms with Crippen LogP contribution in [-0.4, -0.2) is 12.0 Å². The van der Waals surface area contributed by atoms with Crippen molar-refractivity contribution in [1.29, 1.82) is 0 Å². The lowest BCUT2D eigenvalue weighted by Crippen LogP contribution is -2.36. The highest BCUT2D eigenvalue weighted by Crippen LogP contribution is 2.26. The van der Waals surface area contributed by atoms with E-state index in [1.165, 1.54) is 11.1 Å². The average Bonchev–Trinajstić information content (AvgIpc) is 3.03. The molecule has 0 bridgehead atoms. The second kappa shape index (κ2) is 7.24. The van der Waals surface area contributed by atoms with Gasteiger partial charge in [-0.1, -0.05) is 35.9 Å². The van der Waals surface area contributed by atoms with Gasteiger partial charge in [0, 0.05) is 19.6 Å². The van der Waals surface area contributed by atoms with Crippen molar-refractivity contribution in [2.45, 2.75) is 39.6 Å². The molecule has 1 aliphatic heterocycles. The van der Waals surface area contributed by atoms with E-state index in [0.29, 0.717) is 17.3 Å². The Balaban J connectivity index is 1.57. The molecule has 0 spiro atoms. The molecule has 0 fully saturated rings. The van der Waals surface area contributed by atoms with Gasteiger partial charge in [-0.2, -0.15) is 0 Å². The average molecular weight is 345 g/mol. The molecular weight excluding hydrogens is 324 g/mol. The topological polar surface area (TPSA) is 50.4 Å². The standard InChI is InChI=1S/C19H21ClN2O2/c1-12-3-6-17(20)18(7-12)24-13(2)19(23)22-9-14-4-5-15-10-21-11-16(15)8-14/h3-8,13,21H,9-11H2,1-2H3,(H,22,23). The molecule has 24 heavy (non-hydrogen) atoms. The van der Waals surface area contributed by atoms with Crippen LogP contribution < -0.4 is 15.4 Å². The van der Waals surface area contributed by atoms with Crippen molar-refractivity contribution >= 4 is 17.5 Å². The zero-order valence-electron chi connectivity index (χ0n) is 13.9. The monoisotopic (exact) mass is 344 g/mol. The first-order valence-corrected chi connectivity index (χ1v) is 8.42. The van der Waals surface area contributed by atoms with Crippen molar-refractivity contribution in [2.75, 3.05) is 0 Å². The van der Waals surface area contributed by atoms with Crippen molar-refractivity contribution in [3.8, 4) is 5.75 Å². The molecule has 1 unspecified atom stereocenters. The van der Waals surface area contributed by atoms with Gasteiger partial charge in [0.2, 0.25) is 0 Å². The number of rotatable bonds is 5. The van der Waals surface area contributed by atoms with E-state index in [4.69, 9.17) is 16.3 Å². The molecule has 1 amide bonds. The third-order valence-electron chi connectivity index (χ3n) is 4.13. The second-order valence-corrected chi connectivity index (χ2v) is 6.53. The van der Waals surface area contributed by atoms with E-state index in [-0.39, 0.29) is 5.91 Å². The van der Waals surface area contributed by atoms with Crippen LogP contribution in [0, 0.1) is 6.92 Å². The lowest BCUT2D eigenvalue weighted by molar-refractivity contribution is -0.127. The molecular formula is C19H21ClN2O2. The van der Waals surface area contributed by atoms with Gasteiger partial charge in [0.1, 0.15) is 5.75 Å². The number of aryl methyl sites for hydroxylation is 1. The number of ether oxygens (including phenoxy) is 1. The summed E-state index contributed by atoms with van der Waals surface area (Å²) in [5.74, 6) is 0.370. The Kier molecular flexibility index (Phi) is 5.07. The van der Waals surface area contributed by atoms with E-state index in [9.17, 15) is 4.79 Å². The first kappa shape index (κ1) is 16.8. The Morgan fingerprint density at radius 1 is 1.25 bits per heavy atom. The van der Waals surface area contributed by atoms with Crippen molar-refractivity contribution < 1.29 is 9.53 Å². The molecule has 3 rings (SSSR count). The summed E-state index contributed by atoms with van der Waals surface area (Å²) >= 11 is 6.11. The van der Waals surface area contributed by atoms with Gasteiger partial charge in [0.25, 0.3) is 5.91 Å². The van der Waals surface area contributed by atoms with E-state index in [1.807, 2.05) is 19.1 Å². The molecule has 1 heterocycles. The molecule has 2 aromatic carbocycles. The number of nitrogens with one attached hydrogen (secondary N) is 2. The van der Waals surface area contributed by atoms with Crippen molar-refractivity contribution in [1.82, 2.24) is 10.6 Å². The summed E-state index contributed by atoms with van der Waals surface area (Å²) in [7, 11) is 0. The number of hydrogen-bond donors (Lipinski definition) is 2. The van der Waals surface area contributed by atoms with Crippen LogP contribution in [0.4, 0.5) is 0 Å². The van der Waals surface area contributed by atoms with E-state index in [0.717, 1.165) is 24.2 Å². The molecule has 0 radical (unpaired) electrons. The van der Waals surface area contributed by atoms with Crippen LogP contribution in [-0.2, 0) is 24.4 Å². The number of hydrogen-bond acceptors (Lipinski definition) is 3. The smallest absolute Gasteiger partial charge is 0.261 e. The summed E-state index contributed by atoms with van der Waals surface area (Å²) < 4.78 is 5.70. The van der Waals surface area contributed by atoms with E-state index >= 15 is 0 Å². The minimum atomic E-state index is -0.611. The summed E-state index contributed by atoms with van der Waals surface area (Å²) in [5, 5.41) is 6.74. The molecule has 5 heteroatoms. The quantitative estimate of drug-likeness (QED) is 0.874. The zero-order valence-corrected chi connectivity index (χ0v) is 14.6. The molecule has 4 nitrogen and oxygen atoms in total. The van der Waals surface area contributed by atoms with Gasteiger partial charge in [-0.05, 0) is 48.2 Å². The summed E-state index contributed by atoms with van der Waals surface area (Å²) in [6.45, 7) is 5.98. The normalized spacial score (nSPS) is 14.1. The van der Waals surface area contributed by atoms with Crippen molar-refractivity contribution in [3.63, 3.8) is 0 Å². The summed E-state index contributed by atoms with van der Waals surface area (Å²) in [5.41, 5.74) is 4.76. The van der Waals surface area contributed by atoms with Gasteiger partial charge in [-0.25, -0.2) is 0 Å². The van der Waals surface area contributed by atoms with Gasteiger partial charge in [0.15, 0.2) is 6.10 Å². The first-order chi connectivity index (χ1) is 11.5. The fourth-order valence-electron chi connectivity index (χ4n) is 2.74. The van der Waals surface area contributed by atoms with E-state index in [1.54, 1.807) is 13.0 Å². The van der Waals surface area contributed by atoms with Crippen molar-refractivity contribution in [3.05, 3.63) is 63.7 Å². The van der Waals surface area contributed by atoms with Gasteiger partial charge in [-0.15, -0.1) is 0 Å². The largest absolute Gasteiger partial charge is 0.479 e. The first-order valence-electron chi connectivity index (χ1n) is 8.05. The van der Waals surface area contributed by atoms with Gasteiger partial charge < -0.3 is 15.4 Å². The van der Waals surface area contributed by atoms with E-state index in [2.05, 4.69) is 28.8 Å². The lowest BCUT2D eigenvalue weighted by Gasteiger charge is -2.16. The molecule has 0 aliphatic carbocycles. The van der Waals surface area contributed by atoms with Gasteiger partial charge in [-0.3, -0.25) is 4.79 Å². The summed E-state index contributed by atoms with van der Waals surface area (Å²) in [6, 6.07) is 11.8. The SMILES string of the molecule is Cc1ccc(Cl)c(OC(C)C(=O)NCc2ccc3c(c2)CNC3)c1. The van der Waals surface area contributed by atoms with Crippen molar-refractivity contribution in [2.24, 2.45) is 0 Å². The molecule has 126 valence electrons. The fourth-order valence-corrected chi connectivity index (χ4v) is 2.90. The highest BCUT2D eigenvalue weighted by atomic mass is 35.5. The Morgan fingerprint density at radius 2 is 2.04 bits per heavy atom. The Morgan fingerprint density at radius 3 is 2.88 bits per heavy atom. The number of carbonyl (C=O) groups is 1. The van der Waals surface area contributed by atoms with Gasteiger partial charge >= 0.3 is 0 Å². The summed E-state index contributed by atoms with van der Waals surface area (Å²) in [4.78, 5) is 12.3. The van der Waals surface area contributed by atoms with Crippen LogP contribution >= 0.6 is 11.6 Å². The third kappa shape index (κ3) is 3.89. The van der Waals surface area contributed by atoms with Crippen LogP contribution in [0.2, 0.25) is 5.02 Å². The number of fused-ring (bicyclic) bond motifs is 1. The van der Waals surface area contributed by atoms with Crippen LogP contribution in [0.25, 0.3) is 0 Å². The Labute approximate surface area is 147 Å². The third-order valence-corrected chi connectivity index (χ3v) is 4.44. The molecule has 2 aromatic rings. The molecule has 1 atom stereocenters. The van der Waals surface area contributed by atoms with E-state index < -0.39 is 6.10 Å². The van der Waals surface area contributed by atoms with Crippen LogP contribution in [0.5, 0.6) is 5.75 Å². The minimum absolute atomic E-state index is 0.161. The highest BCUT2D eigenvalue weighted by molar-refractivity contribution is 6.32. The number of amides is 1. The summed E-state index contributed by atoms with van der Waals surface area (Å²) in [6.07, 6.45) is -0.611. The zero-order chi connectivity index (χ0) is 17.1. The Hall–Kier alpha value is -2.04. The predicted octanol–water partition coefficient (Wildman–Crippen LogP) is 3.34. The molecule has 2 N–H and O–H groups in total. The number of halogens is 1. The maximum absolute atomic E-state index is 12.3. The molecule has 1 aliphatic rings. The highest BCUT2D eigenvalue weighted by Gasteiger charge is 2.16. The molecule has 0 saturated heterocycles. The number of carbonyl (C=O) groups excluding carboxylic acids is 1. The second-order valence-electron chi connectivity index (χ2n) is 6.12. The minimum Gasteiger partial charge on any atom is -0.479 e. The van der Waals surface area contributed by atoms with Crippen LogP contribution in [0.15, 0.2) is 36.4 Å². The van der Waals surface area contributed by atoms with Crippen LogP contribution in [0.1, 0.15) is 29.2 Å². The number of benzene rings is 2. The van der Waals surface area contributed by atoms with Gasteiger partial charge in [0.05, 0.1) is 5.02 Å². The lowest BCUT2D eigenvalue weighted by atomic mass is 10.1. The molecule has 0 aromatic heterocycles. The maximum atomic E-state index is 12.3. The van der Waals surface area contributed by atoms with Crippen LogP contribution in [0.3, 0.4) is 0 Å².